The molecule has 2 aromatic rings. The van der Waals surface area contributed by atoms with Crippen LogP contribution in [-0.4, -0.2) is 38.8 Å². The van der Waals surface area contributed by atoms with Crippen LogP contribution in [0, 0.1) is 0 Å². The van der Waals surface area contributed by atoms with E-state index in [0.29, 0.717) is 48.6 Å². The number of nitrogens with zero attached hydrogens (tertiary/aromatic N) is 1. The molecule has 0 unspecified atom stereocenters. The van der Waals surface area contributed by atoms with Crippen LogP contribution in [0.3, 0.4) is 0 Å². The molecule has 0 saturated heterocycles. The minimum atomic E-state index is -0.569. The number of fused-ring (bicyclic) bond motifs is 2. The third-order valence-electron chi connectivity index (χ3n) is 4.64. The third-order valence-corrected chi connectivity index (χ3v) is 4.92. The lowest BCUT2D eigenvalue weighted by molar-refractivity contribution is -0.127. The van der Waals surface area contributed by atoms with Gasteiger partial charge in [0.15, 0.2) is 17.6 Å². The zero-order valence-corrected chi connectivity index (χ0v) is 15.8. The number of halogens is 1. The second-order valence-corrected chi connectivity index (χ2v) is 6.93. The van der Waals surface area contributed by atoms with Crippen molar-refractivity contribution < 1.29 is 19.0 Å². The minimum absolute atomic E-state index is 0.147. The Bertz CT molecular complexity index is 858. The molecular weight excluding hydrogens is 368 g/mol. The Labute approximate surface area is 163 Å². The second kappa shape index (κ2) is 7.56. The Hall–Kier alpha value is -2.60. The van der Waals surface area contributed by atoms with E-state index < -0.39 is 6.10 Å². The molecule has 0 fully saturated rings. The molecule has 0 spiro atoms. The molecule has 0 radical (unpaired) electrons. The van der Waals surface area contributed by atoms with E-state index >= 15 is 0 Å². The molecular formula is C20H21ClN2O4. The number of amides is 1. The number of carbonyl (C=O) groups is 1. The number of anilines is 1. The molecule has 7 heteroatoms. The molecule has 142 valence electrons. The van der Waals surface area contributed by atoms with Crippen LogP contribution < -0.4 is 24.4 Å². The lowest BCUT2D eigenvalue weighted by Gasteiger charge is -2.35. The van der Waals surface area contributed by atoms with Crippen molar-refractivity contribution in [3.63, 3.8) is 0 Å². The van der Waals surface area contributed by atoms with E-state index in [2.05, 4.69) is 10.2 Å². The van der Waals surface area contributed by atoms with Gasteiger partial charge in [-0.25, -0.2) is 0 Å². The lowest BCUT2D eigenvalue weighted by Crippen LogP contribution is -2.47. The predicted molar refractivity (Wildman–Crippen MR) is 103 cm³/mol. The molecule has 6 nitrogen and oxygen atoms in total. The molecule has 2 aliphatic rings. The van der Waals surface area contributed by atoms with E-state index in [1.165, 1.54) is 0 Å². The Morgan fingerprint density at radius 2 is 2.04 bits per heavy atom. The van der Waals surface area contributed by atoms with E-state index in [9.17, 15) is 4.79 Å². The van der Waals surface area contributed by atoms with Crippen LogP contribution in [0.4, 0.5) is 5.69 Å². The van der Waals surface area contributed by atoms with Gasteiger partial charge in [-0.1, -0.05) is 23.7 Å². The first-order chi connectivity index (χ1) is 13.2. The summed E-state index contributed by atoms with van der Waals surface area (Å²) in [6.07, 6.45) is 0.256. The normalized spacial score (nSPS) is 18.1. The van der Waals surface area contributed by atoms with Crippen LogP contribution >= 0.6 is 11.6 Å². The SMILES string of the molecule is CNC(=O)[C@@H]1CN(Cc2cc(Cl)c3c(c2)OCCCO3)c2ccccc2O1. The predicted octanol–water partition coefficient (Wildman–Crippen LogP) is 3.01. The maximum absolute atomic E-state index is 12.1. The van der Waals surface area contributed by atoms with E-state index in [1.807, 2.05) is 36.4 Å². The van der Waals surface area contributed by atoms with Crippen LogP contribution in [-0.2, 0) is 11.3 Å². The van der Waals surface area contributed by atoms with Crippen molar-refractivity contribution in [2.45, 2.75) is 19.1 Å². The van der Waals surface area contributed by atoms with Crippen LogP contribution in [0.2, 0.25) is 5.02 Å². The molecule has 0 aliphatic carbocycles. The zero-order chi connectivity index (χ0) is 18.8. The first-order valence-electron chi connectivity index (χ1n) is 8.96. The van der Waals surface area contributed by atoms with Gasteiger partial charge >= 0.3 is 0 Å². The summed E-state index contributed by atoms with van der Waals surface area (Å²) in [5.41, 5.74) is 1.93. The van der Waals surface area contributed by atoms with Crippen molar-refractivity contribution in [3.8, 4) is 17.2 Å². The van der Waals surface area contributed by atoms with Crippen LogP contribution in [0.5, 0.6) is 17.2 Å². The highest BCUT2D eigenvalue weighted by atomic mass is 35.5. The van der Waals surface area contributed by atoms with Crippen molar-refractivity contribution in [2.24, 2.45) is 0 Å². The Morgan fingerprint density at radius 1 is 1.22 bits per heavy atom. The van der Waals surface area contributed by atoms with Gasteiger partial charge in [-0.2, -0.15) is 0 Å². The Balaban J connectivity index is 1.64. The zero-order valence-electron chi connectivity index (χ0n) is 15.0. The highest BCUT2D eigenvalue weighted by Crippen LogP contribution is 2.40. The van der Waals surface area contributed by atoms with Crippen molar-refractivity contribution in [1.82, 2.24) is 5.32 Å². The molecule has 2 aromatic carbocycles. The molecule has 2 heterocycles. The third kappa shape index (κ3) is 3.62. The number of para-hydroxylation sites is 2. The number of ether oxygens (including phenoxy) is 3. The van der Waals surface area contributed by atoms with Gasteiger partial charge in [0.2, 0.25) is 0 Å². The van der Waals surface area contributed by atoms with Gasteiger partial charge in [-0.05, 0) is 29.8 Å². The average molecular weight is 389 g/mol. The fourth-order valence-corrected chi connectivity index (χ4v) is 3.64. The molecule has 27 heavy (non-hydrogen) atoms. The molecule has 0 aromatic heterocycles. The van der Waals surface area contributed by atoms with Crippen molar-refractivity contribution in [3.05, 3.63) is 47.0 Å². The first kappa shape index (κ1) is 17.8. The van der Waals surface area contributed by atoms with Crippen LogP contribution in [0.1, 0.15) is 12.0 Å². The second-order valence-electron chi connectivity index (χ2n) is 6.52. The highest BCUT2D eigenvalue weighted by Gasteiger charge is 2.30. The van der Waals surface area contributed by atoms with Gasteiger partial charge in [-0.3, -0.25) is 4.79 Å². The van der Waals surface area contributed by atoms with Gasteiger partial charge in [0.1, 0.15) is 5.75 Å². The van der Waals surface area contributed by atoms with E-state index in [-0.39, 0.29) is 5.91 Å². The van der Waals surface area contributed by atoms with Gasteiger partial charge < -0.3 is 24.4 Å². The van der Waals surface area contributed by atoms with Gasteiger partial charge in [-0.15, -0.1) is 0 Å². The molecule has 1 amide bonds. The van der Waals surface area contributed by atoms with Crippen molar-refractivity contribution >= 4 is 23.2 Å². The smallest absolute Gasteiger partial charge is 0.262 e. The lowest BCUT2D eigenvalue weighted by atomic mass is 10.1. The topological polar surface area (TPSA) is 60.0 Å². The summed E-state index contributed by atoms with van der Waals surface area (Å²) < 4.78 is 17.3. The highest BCUT2D eigenvalue weighted by molar-refractivity contribution is 6.32. The number of nitrogens with one attached hydrogen (secondary N) is 1. The molecule has 0 saturated carbocycles. The summed E-state index contributed by atoms with van der Waals surface area (Å²) in [4.78, 5) is 14.3. The number of likely N-dealkylation sites (N-methyl/N-ethyl adjacent to an activating group) is 1. The van der Waals surface area contributed by atoms with Crippen LogP contribution in [0.15, 0.2) is 36.4 Å². The summed E-state index contributed by atoms with van der Waals surface area (Å²) >= 11 is 6.43. The monoisotopic (exact) mass is 388 g/mol. The minimum Gasteiger partial charge on any atom is -0.489 e. The maximum atomic E-state index is 12.1. The first-order valence-corrected chi connectivity index (χ1v) is 9.34. The molecule has 2 aliphatic heterocycles. The quantitative estimate of drug-likeness (QED) is 0.875. The van der Waals surface area contributed by atoms with Gasteiger partial charge in [0, 0.05) is 20.0 Å². The largest absolute Gasteiger partial charge is 0.489 e. The molecule has 4 rings (SSSR count). The number of hydrogen-bond donors (Lipinski definition) is 1. The van der Waals surface area contributed by atoms with E-state index in [1.54, 1.807) is 7.05 Å². The number of hydrogen-bond acceptors (Lipinski definition) is 5. The fraction of sp³-hybridized carbons (Fsp3) is 0.350. The maximum Gasteiger partial charge on any atom is 0.262 e. The number of carbonyl (C=O) groups excluding carboxylic acids is 1. The molecule has 0 bridgehead atoms. The van der Waals surface area contributed by atoms with Crippen molar-refractivity contribution in [2.75, 3.05) is 31.7 Å². The fourth-order valence-electron chi connectivity index (χ4n) is 3.35. The van der Waals surface area contributed by atoms with Crippen molar-refractivity contribution in [1.29, 1.82) is 0 Å². The summed E-state index contributed by atoms with van der Waals surface area (Å²) in [6, 6.07) is 11.6. The Kier molecular flexibility index (Phi) is 4.99. The molecule has 1 N–H and O–H groups in total. The summed E-state index contributed by atoms with van der Waals surface area (Å²) in [7, 11) is 1.61. The van der Waals surface area contributed by atoms with Gasteiger partial charge in [0.25, 0.3) is 5.91 Å². The average Bonchev–Trinajstić information content (AvgIpc) is 2.93. The summed E-state index contributed by atoms with van der Waals surface area (Å²) in [6.45, 7) is 2.22. The molecule has 1 atom stereocenters. The van der Waals surface area contributed by atoms with Crippen LogP contribution in [0.25, 0.3) is 0 Å². The summed E-state index contributed by atoms with van der Waals surface area (Å²) in [5, 5.41) is 3.19. The summed E-state index contributed by atoms with van der Waals surface area (Å²) in [5.74, 6) is 1.81. The number of benzene rings is 2. The standard InChI is InChI=1S/C20H21ClN2O4/c1-22-20(24)18-12-23(15-5-2-3-6-16(15)27-18)11-13-9-14(21)19-17(10-13)25-7-4-8-26-19/h2-3,5-6,9-10,18H,4,7-8,11-12H2,1H3,(H,22,24)/t18-/m0/s1. The van der Waals surface area contributed by atoms with E-state index in [0.717, 1.165) is 17.7 Å². The number of rotatable bonds is 3. The van der Waals surface area contributed by atoms with Gasteiger partial charge in [0.05, 0.1) is 30.5 Å². The van der Waals surface area contributed by atoms with E-state index in [4.69, 9.17) is 25.8 Å². The Morgan fingerprint density at radius 3 is 2.89 bits per heavy atom.